The zero-order chi connectivity index (χ0) is 36.0. The molecule has 1 aliphatic rings. The molecule has 3 atom stereocenters. The molecule has 1 aliphatic heterocycles. The van der Waals surface area contributed by atoms with E-state index in [1.165, 1.54) is 24.3 Å². The van der Waals surface area contributed by atoms with Gasteiger partial charge in [0.2, 0.25) is 17.9 Å². The minimum Gasteiger partial charge on any atom is -0.479 e. The molecule has 1 heterocycles. The average molecular weight is 674 g/mol. The molecule has 1 aromatic carbocycles. The van der Waals surface area contributed by atoms with Gasteiger partial charge in [-0.15, -0.1) is 0 Å². The molecular formula is C32H43N5O11. The van der Waals surface area contributed by atoms with Gasteiger partial charge in [-0.1, -0.05) is 52.0 Å². The lowest BCUT2D eigenvalue weighted by Crippen LogP contribution is -2.54. The second-order valence-corrected chi connectivity index (χ2v) is 11.9. The SMILES string of the molecule is CC(C)CC(OC(=O)OCc1ccc(C(=O)[C@H](CCCNC(N)=O)NC(=O)[C@@H](NC(=O)CCN2C(=O)C=CC2=O)C(C)C)cc1)C(=O)O. The Kier molecular flexibility index (Phi) is 15.2. The highest BCUT2D eigenvalue weighted by atomic mass is 16.7. The third kappa shape index (κ3) is 12.8. The van der Waals surface area contributed by atoms with Crippen molar-refractivity contribution in [1.82, 2.24) is 20.9 Å². The molecule has 0 radical (unpaired) electrons. The van der Waals surface area contributed by atoms with Crippen molar-refractivity contribution in [3.8, 4) is 0 Å². The minimum atomic E-state index is -1.35. The monoisotopic (exact) mass is 673 g/mol. The number of imide groups is 1. The van der Waals surface area contributed by atoms with Gasteiger partial charge in [-0.05, 0) is 36.7 Å². The van der Waals surface area contributed by atoms with Crippen LogP contribution in [0.25, 0.3) is 0 Å². The molecule has 16 heteroatoms. The van der Waals surface area contributed by atoms with Gasteiger partial charge in [-0.25, -0.2) is 14.4 Å². The number of aliphatic carboxylic acids is 1. The van der Waals surface area contributed by atoms with E-state index in [0.717, 1.165) is 17.1 Å². The Morgan fingerprint density at radius 2 is 1.56 bits per heavy atom. The van der Waals surface area contributed by atoms with Crippen LogP contribution in [0.5, 0.6) is 0 Å². The van der Waals surface area contributed by atoms with Crippen LogP contribution in [-0.4, -0.2) is 88.9 Å². The van der Waals surface area contributed by atoms with E-state index < -0.39 is 71.7 Å². The fraction of sp³-hybridized carbons (Fsp3) is 0.500. The molecule has 0 aliphatic carbocycles. The number of carboxylic acid groups (broad SMARTS) is 1. The lowest BCUT2D eigenvalue weighted by Gasteiger charge is -2.25. The number of Topliss-reactive ketones (excluding diaryl/α,β-unsaturated/α-hetero) is 1. The summed E-state index contributed by atoms with van der Waals surface area (Å²) in [6, 6.07) is 3.08. The number of hydrogen-bond donors (Lipinski definition) is 5. The Bertz CT molecular complexity index is 1370. The summed E-state index contributed by atoms with van der Waals surface area (Å²) in [5.41, 5.74) is 5.80. The third-order valence-electron chi connectivity index (χ3n) is 7.12. The smallest absolute Gasteiger partial charge is 0.479 e. The highest BCUT2D eigenvalue weighted by Crippen LogP contribution is 2.14. The van der Waals surface area contributed by atoms with Crippen LogP contribution in [0.1, 0.15) is 69.3 Å². The van der Waals surface area contributed by atoms with E-state index in [1.807, 2.05) is 0 Å². The maximum Gasteiger partial charge on any atom is 0.509 e. The molecule has 262 valence electrons. The van der Waals surface area contributed by atoms with Crippen LogP contribution in [0, 0.1) is 11.8 Å². The molecule has 0 aromatic heterocycles. The van der Waals surface area contributed by atoms with Crippen LogP contribution in [0.2, 0.25) is 0 Å². The number of carbonyl (C=O) groups excluding carboxylic acids is 7. The Morgan fingerprint density at radius 3 is 2.10 bits per heavy atom. The number of benzene rings is 1. The summed E-state index contributed by atoms with van der Waals surface area (Å²) in [5, 5.41) is 17.0. The van der Waals surface area contributed by atoms with Gasteiger partial charge in [0.15, 0.2) is 5.78 Å². The van der Waals surface area contributed by atoms with Gasteiger partial charge < -0.3 is 36.3 Å². The molecular weight excluding hydrogens is 630 g/mol. The highest BCUT2D eigenvalue weighted by molar-refractivity contribution is 6.13. The van der Waals surface area contributed by atoms with E-state index in [2.05, 4.69) is 16.0 Å². The number of carbonyl (C=O) groups is 8. The molecule has 1 aromatic rings. The Morgan fingerprint density at radius 1 is 0.938 bits per heavy atom. The topological polar surface area (TPSA) is 241 Å². The van der Waals surface area contributed by atoms with E-state index in [-0.39, 0.29) is 56.9 Å². The van der Waals surface area contributed by atoms with Gasteiger partial charge >= 0.3 is 18.2 Å². The first-order chi connectivity index (χ1) is 22.6. The van der Waals surface area contributed by atoms with Gasteiger partial charge in [0.1, 0.15) is 12.6 Å². The number of rotatable bonds is 19. The van der Waals surface area contributed by atoms with Gasteiger partial charge in [0.05, 0.1) is 6.04 Å². The van der Waals surface area contributed by atoms with Gasteiger partial charge in [-0.2, -0.15) is 0 Å². The Hall–Kier alpha value is -5.28. The molecule has 6 N–H and O–H groups in total. The van der Waals surface area contributed by atoms with Gasteiger partial charge in [0.25, 0.3) is 11.8 Å². The van der Waals surface area contributed by atoms with Crippen LogP contribution in [-0.2, 0) is 40.1 Å². The first-order valence-electron chi connectivity index (χ1n) is 15.4. The van der Waals surface area contributed by atoms with E-state index in [1.54, 1.807) is 27.7 Å². The van der Waals surface area contributed by atoms with E-state index in [0.29, 0.717) is 5.56 Å². The summed E-state index contributed by atoms with van der Waals surface area (Å²) >= 11 is 0. The number of nitrogens with zero attached hydrogens (tertiary/aromatic N) is 1. The number of ether oxygens (including phenoxy) is 2. The fourth-order valence-corrected chi connectivity index (χ4v) is 4.58. The second-order valence-electron chi connectivity index (χ2n) is 11.9. The zero-order valence-electron chi connectivity index (χ0n) is 27.4. The number of hydrogen-bond acceptors (Lipinski definition) is 10. The predicted octanol–water partition coefficient (Wildman–Crippen LogP) is 1.41. The van der Waals surface area contributed by atoms with E-state index >= 15 is 0 Å². The number of primary amides is 1. The van der Waals surface area contributed by atoms with Crippen LogP contribution < -0.4 is 21.7 Å². The first-order valence-corrected chi connectivity index (χ1v) is 15.4. The van der Waals surface area contributed by atoms with Crippen LogP contribution in [0.4, 0.5) is 9.59 Å². The molecule has 0 fully saturated rings. The quantitative estimate of drug-likeness (QED) is 0.0609. The van der Waals surface area contributed by atoms with Crippen molar-refractivity contribution in [2.75, 3.05) is 13.1 Å². The van der Waals surface area contributed by atoms with Crippen LogP contribution >= 0.6 is 0 Å². The lowest BCUT2D eigenvalue weighted by atomic mass is 9.97. The molecule has 1 unspecified atom stereocenters. The largest absolute Gasteiger partial charge is 0.509 e. The molecule has 0 spiro atoms. The third-order valence-corrected chi connectivity index (χ3v) is 7.12. The fourth-order valence-electron chi connectivity index (χ4n) is 4.58. The van der Waals surface area contributed by atoms with Crippen molar-refractivity contribution < 1.29 is 52.9 Å². The van der Waals surface area contributed by atoms with Crippen molar-refractivity contribution in [2.45, 2.75) is 78.2 Å². The standard InChI is InChI=1S/C32H43N5O11/c1-18(2)16-23(30(43)44)48-32(46)47-17-20-7-9-21(10-8-20)28(41)22(6-5-14-34-31(33)45)35-29(42)27(19(3)4)36-24(38)13-15-37-25(39)11-12-26(37)40/h7-12,18-19,22-23,27H,5-6,13-17H2,1-4H3,(H,35,42)(H,36,38)(H,43,44)(H3,33,34,45)/t22-,23?,27-/m0/s1. The van der Waals surface area contributed by atoms with Crippen molar-refractivity contribution in [3.63, 3.8) is 0 Å². The second kappa shape index (κ2) is 18.8. The van der Waals surface area contributed by atoms with E-state index in [9.17, 15) is 43.5 Å². The van der Waals surface area contributed by atoms with Crippen LogP contribution in [0.3, 0.4) is 0 Å². The lowest BCUT2D eigenvalue weighted by molar-refractivity contribution is -0.149. The summed E-state index contributed by atoms with van der Waals surface area (Å²) in [6.45, 7) is 6.67. The molecule has 0 saturated carbocycles. The van der Waals surface area contributed by atoms with Crippen molar-refractivity contribution in [1.29, 1.82) is 0 Å². The normalized spacial score (nSPS) is 14.3. The minimum absolute atomic E-state index is 0.0317. The number of nitrogens with one attached hydrogen (secondary N) is 3. The summed E-state index contributed by atoms with van der Waals surface area (Å²) in [7, 11) is 0. The van der Waals surface area contributed by atoms with Crippen molar-refractivity contribution in [3.05, 3.63) is 47.5 Å². The highest BCUT2D eigenvalue weighted by Gasteiger charge is 2.30. The molecule has 16 nitrogen and oxygen atoms in total. The van der Waals surface area contributed by atoms with E-state index in [4.69, 9.17) is 15.2 Å². The molecule has 48 heavy (non-hydrogen) atoms. The molecule has 2 rings (SSSR count). The summed E-state index contributed by atoms with van der Waals surface area (Å²) in [5.74, 6) is -4.49. The Balaban J connectivity index is 2.07. The van der Waals surface area contributed by atoms with Gasteiger partial charge in [0, 0.05) is 37.2 Å². The maximum atomic E-state index is 13.5. The Labute approximate surface area is 277 Å². The van der Waals surface area contributed by atoms with Crippen molar-refractivity contribution >= 4 is 47.6 Å². The molecule has 6 amide bonds. The average Bonchev–Trinajstić information content (AvgIpc) is 3.34. The summed E-state index contributed by atoms with van der Waals surface area (Å²) < 4.78 is 9.92. The zero-order valence-corrected chi connectivity index (χ0v) is 27.4. The number of nitrogens with two attached hydrogens (primary N) is 1. The number of ketones is 1. The predicted molar refractivity (Wildman–Crippen MR) is 169 cm³/mol. The number of urea groups is 1. The molecule has 0 saturated heterocycles. The van der Waals surface area contributed by atoms with Crippen LogP contribution in [0.15, 0.2) is 36.4 Å². The first kappa shape index (κ1) is 38.9. The maximum absolute atomic E-state index is 13.5. The number of carboxylic acids is 1. The summed E-state index contributed by atoms with van der Waals surface area (Å²) in [4.78, 5) is 98.5. The van der Waals surface area contributed by atoms with Gasteiger partial charge in [-0.3, -0.25) is 28.9 Å². The summed E-state index contributed by atoms with van der Waals surface area (Å²) in [6.07, 6.45) is -0.0454. The molecule has 0 bridgehead atoms. The number of amides is 6. The van der Waals surface area contributed by atoms with Crippen molar-refractivity contribution in [2.24, 2.45) is 17.6 Å².